The molecular weight excluding hydrogens is 378 g/mol. The zero-order chi connectivity index (χ0) is 20.3. The molecule has 1 aliphatic heterocycles. The first-order valence-electron chi connectivity index (χ1n) is 9.96. The number of rotatable bonds is 4. The van der Waals surface area contributed by atoms with Gasteiger partial charge in [0.1, 0.15) is 12.2 Å². The number of hydrogen-bond donors (Lipinski definition) is 0. The summed E-state index contributed by atoms with van der Waals surface area (Å²) in [6.45, 7) is 3.09. The topological polar surface area (TPSA) is 80.0 Å². The Morgan fingerprint density at radius 1 is 0.833 bits per heavy atom. The minimum Gasteiger partial charge on any atom is -0.352 e. The monoisotopic (exact) mass is 399 g/mol. The molecule has 150 valence electrons. The van der Waals surface area contributed by atoms with Gasteiger partial charge in [-0.25, -0.2) is 4.98 Å². The Labute approximate surface area is 173 Å². The fourth-order valence-electron chi connectivity index (χ4n) is 3.71. The Kier molecular flexibility index (Phi) is 4.80. The lowest BCUT2D eigenvalue weighted by molar-refractivity contribution is -0.132. The largest absolute Gasteiger partial charge is 0.352 e. The molecule has 8 nitrogen and oxygen atoms in total. The number of hydrogen-bond acceptors (Lipinski definition) is 6. The number of carbonyl (C=O) groups is 1. The van der Waals surface area contributed by atoms with Crippen LogP contribution in [0.3, 0.4) is 0 Å². The third-order valence-electron chi connectivity index (χ3n) is 5.37. The number of para-hydroxylation sites is 2. The Morgan fingerprint density at radius 3 is 2.43 bits per heavy atom. The molecule has 0 saturated carbocycles. The molecule has 0 aliphatic carbocycles. The van der Waals surface area contributed by atoms with Gasteiger partial charge in [-0.15, -0.1) is 10.2 Å². The van der Waals surface area contributed by atoms with E-state index >= 15 is 0 Å². The zero-order valence-electron chi connectivity index (χ0n) is 16.4. The first-order chi connectivity index (χ1) is 14.8. The summed E-state index contributed by atoms with van der Waals surface area (Å²) in [7, 11) is 0. The Morgan fingerprint density at radius 2 is 1.67 bits per heavy atom. The van der Waals surface area contributed by atoms with Gasteiger partial charge in [0.05, 0.1) is 23.1 Å². The highest BCUT2D eigenvalue weighted by Crippen LogP contribution is 2.18. The molecular formula is C22H21N7O. The maximum absolute atomic E-state index is 12.8. The van der Waals surface area contributed by atoms with Crippen molar-refractivity contribution in [2.24, 2.45) is 0 Å². The summed E-state index contributed by atoms with van der Waals surface area (Å²) in [6.07, 6.45) is 3.48. The molecule has 5 rings (SSSR count). The van der Waals surface area contributed by atoms with E-state index in [0.29, 0.717) is 19.6 Å². The van der Waals surface area contributed by atoms with E-state index in [1.165, 1.54) is 0 Å². The number of amides is 1. The maximum Gasteiger partial charge on any atom is 0.242 e. The number of pyridine rings is 1. The van der Waals surface area contributed by atoms with Gasteiger partial charge in [-0.2, -0.15) is 0 Å². The predicted octanol–water partition coefficient (Wildman–Crippen LogP) is 2.24. The van der Waals surface area contributed by atoms with Crippen molar-refractivity contribution in [2.45, 2.75) is 6.54 Å². The van der Waals surface area contributed by atoms with Crippen LogP contribution in [-0.2, 0) is 11.3 Å². The summed E-state index contributed by atoms with van der Waals surface area (Å²) >= 11 is 0. The summed E-state index contributed by atoms with van der Waals surface area (Å²) in [5.41, 5.74) is 3.44. The SMILES string of the molecule is O=C(Cn1cnc2ccccc21)N1CCN(c2ccc(-c3ccccn3)nn2)CC1. The van der Waals surface area contributed by atoms with Gasteiger partial charge in [-0.05, 0) is 36.4 Å². The average Bonchev–Trinajstić information content (AvgIpc) is 3.23. The first-order valence-corrected chi connectivity index (χ1v) is 9.96. The normalized spacial score (nSPS) is 14.3. The highest BCUT2D eigenvalue weighted by molar-refractivity contribution is 5.80. The number of anilines is 1. The molecule has 8 heteroatoms. The van der Waals surface area contributed by atoms with Crippen molar-refractivity contribution in [3.05, 3.63) is 67.1 Å². The minimum absolute atomic E-state index is 0.106. The highest BCUT2D eigenvalue weighted by Gasteiger charge is 2.22. The molecule has 4 heterocycles. The fraction of sp³-hybridized carbons (Fsp3) is 0.227. The van der Waals surface area contributed by atoms with Crippen LogP contribution >= 0.6 is 0 Å². The lowest BCUT2D eigenvalue weighted by Gasteiger charge is -2.35. The van der Waals surface area contributed by atoms with Crippen molar-refractivity contribution in [1.82, 2.24) is 29.6 Å². The molecule has 1 saturated heterocycles. The molecule has 3 aromatic heterocycles. The van der Waals surface area contributed by atoms with E-state index in [2.05, 4.69) is 25.1 Å². The fourth-order valence-corrected chi connectivity index (χ4v) is 3.71. The standard InChI is InChI=1S/C22H21N7O/c30-22(15-29-16-24-19-6-1-2-7-20(19)29)28-13-11-27(12-14-28)21-9-8-18(25-26-21)17-5-3-4-10-23-17/h1-10,16H,11-15H2. The molecule has 1 aromatic carbocycles. The molecule has 1 fully saturated rings. The number of piperazine rings is 1. The smallest absolute Gasteiger partial charge is 0.242 e. The van der Waals surface area contributed by atoms with Crippen LogP contribution in [-0.4, -0.2) is 61.7 Å². The van der Waals surface area contributed by atoms with Crippen molar-refractivity contribution in [3.8, 4) is 11.4 Å². The maximum atomic E-state index is 12.8. The van der Waals surface area contributed by atoms with Crippen molar-refractivity contribution < 1.29 is 4.79 Å². The third-order valence-corrected chi connectivity index (χ3v) is 5.37. The third kappa shape index (κ3) is 3.59. The minimum atomic E-state index is 0.106. The molecule has 0 N–H and O–H groups in total. The van der Waals surface area contributed by atoms with E-state index in [-0.39, 0.29) is 5.91 Å². The van der Waals surface area contributed by atoms with Crippen LogP contribution in [0.25, 0.3) is 22.4 Å². The number of nitrogens with zero attached hydrogens (tertiary/aromatic N) is 7. The predicted molar refractivity (Wildman–Crippen MR) is 114 cm³/mol. The Hall–Kier alpha value is -3.81. The van der Waals surface area contributed by atoms with E-state index in [1.54, 1.807) is 12.5 Å². The molecule has 4 aromatic rings. The van der Waals surface area contributed by atoms with Crippen LogP contribution in [0, 0.1) is 0 Å². The lowest BCUT2D eigenvalue weighted by Crippen LogP contribution is -2.49. The molecule has 1 amide bonds. The van der Waals surface area contributed by atoms with Gasteiger partial charge < -0.3 is 14.4 Å². The number of aromatic nitrogens is 5. The van der Waals surface area contributed by atoms with E-state index < -0.39 is 0 Å². The van der Waals surface area contributed by atoms with Crippen LogP contribution in [0.5, 0.6) is 0 Å². The average molecular weight is 399 g/mol. The number of fused-ring (bicyclic) bond motifs is 1. The van der Waals surface area contributed by atoms with Gasteiger partial charge in [0.2, 0.25) is 5.91 Å². The molecule has 0 atom stereocenters. The summed E-state index contributed by atoms with van der Waals surface area (Å²) in [5.74, 6) is 0.928. The van der Waals surface area contributed by atoms with Crippen LogP contribution in [0.1, 0.15) is 0 Å². The summed E-state index contributed by atoms with van der Waals surface area (Å²) in [4.78, 5) is 25.5. The van der Waals surface area contributed by atoms with Crippen LogP contribution < -0.4 is 4.90 Å². The van der Waals surface area contributed by atoms with Gasteiger partial charge in [0, 0.05) is 32.4 Å². The number of carbonyl (C=O) groups excluding carboxylic acids is 1. The van der Waals surface area contributed by atoms with Gasteiger partial charge >= 0.3 is 0 Å². The van der Waals surface area contributed by atoms with E-state index in [9.17, 15) is 4.79 Å². The number of imidazole rings is 1. The molecule has 0 bridgehead atoms. The van der Waals surface area contributed by atoms with Gasteiger partial charge in [-0.1, -0.05) is 18.2 Å². The molecule has 30 heavy (non-hydrogen) atoms. The van der Waals surface area contributed by atoms with Gasteiger partial charge in [0.25, 0.3) is 0 Å². The van der Waals surface area contributed by atoms with Crippen LogP contribution in [0.4, 0.5) is 5.82 Å². The zero-order valence-corrected chi connectivity index (χ0v) is 16.4. The molecule has 1 aliphatic rings. The second-order valence-corrected chi connectivity index (χ2v) is 7.22. The second kappa shape index (κ2) is 7.90. The van der Waals surface area contributed by atoms with Crippen LogP contribution in [0.2, 0.25) is 0 Å². The first kappa shape index (κ1) is 18.2. The van der Waals surface area contributed by atoms with E-state index in [4.69, 9.17) is 0 Å². The van der Waals surface area contributed by atoms with Gasteiger partial charge in [-0.3, -0.25) is 9.78 Å². The summed E-state index contributed by atoms with van der Waals surface area (Å²) in [5, 5.41) is 8.68. The Balaban J connectivity index is 1.20. The molecule has 0 radical (unpaired) electrons. The van der Waals surface area contributed by atoms with Crippen LogP contribution in [0.15, 0.2) is 67.1 Å². The quantitative estimate of drug-likeness (QED) is 0.524. The summed E-state index contributed by atoms with van der Waals surface area (Å²) in [6, 6.07) is 17.5. The molecule has 0 unspecified atom stereocenters. The highest BCUT2D eigenvalue weighted by atomic mass is 16.2. The molecule has 0 spiro atoms. The van der Waals surface area contributed by atoms with Crippen molar-refractivity contribution in [2.75, 3.05) is 31.1 Å². The lowest BCUT2D eigenvalue weighted by atomic mass is 10.2. The Bertz CT molecular complexity index is 1150. The van der Waals surface area contributed by atoms with Gasteiger partial charge in [0.15, 0.2) is 5.82 Å². The van der Waals surface area contributed by atoms with Crippen molar-refractivity contribution >= 4 is 22.8 Å². The van der Waals surface area contributed by atoms with E-state index in [1.807, 2.05) is 64.1 Å². The number of benzene rings is 1. The second-order valence-electron chi connectivity index (χ2n) is 7.22. The van der Waals surface area contributed by atoms with Crippen molar-refractivity contribution in [3.63, 3.8) is 0 Å². The summed E-state index contributed by atoms with van der Waals surface area (Å²) < 4.78 is 1.91. The van der Waals surface area contributed by atoms with E-state index in [0.717, 1.165) is 41.3 Å². The van der Waals surface area contributed by atoms with Crippen molar-refractivity contribution in [1.29, 1.82) is 0 Å².